The van der Waals surface area contributed by atoms with Gasteiger partial charge in [-0.2, -0.15) is 13.2 Å². The quantitative estimate of drug-likeness (QED) is 0.320. The van der Waals surface area contributed by atoms with E-state index in [1.54, 1.807) is 6.08 Å². The van der Waals surface area contributed by atoms with Crippen LogP contribution in [0.25, 0.3) is 0 Å². The topological polar surface area (TPSA) is 8.17 Å². The van der Waals surface area contributed by atoms with Crippen molar-refractivity contribution in [3.8, 4) is 0 Å². The predicted molar refractivity (Wildman–Crippen MR) is 106 cm³/mol. The summed E-state index contributed by atoms with van der Waals surface area (Å²) in [6, 6.07) is 12.7. The van der Waals surface area contributed by atoms with Crippen molar-refractivity contribution in [3.63, 3.8) is 0 Å². The number of benzene rings is 2. The molecule has 1 heterocycles. The zero-order chi connectivity index (χ0) is 21.7. The Kier molecular flexibility index (Phi) is 6.72. The van der Waals surface area contributed by atoms with E-state index in [2.05, 4.69) is 6.58 Å². The molecule has 30 heavy (non-hydrogen) atoms. The molecule has 0 bridgehead atoms. The van der Waals surface area contributed by atoms with Crippen LogP contribution in [-0.2, 0) is 25.8 Å². The maximum atomic E-state index is 13.5. The Morgan fingerprint density at radius 2 is 1.60 bits per heavy atom. The van der Waals surface area contributed by atoms with Crippen LogP contribution in [0.2, 0.25) is 0 Å². The van der Waals surface area contributed by atoms with Gasteiger partial charge < -0.3 is 4.57 Å². The van der Waals surface area contributed by atoms with E-state index in [4.69, 9.17) is 0 Å². The summed E-state index contributed by atoms with van der Waals surface area (Å²) in [5.74, 6) is -1.78. The number of aromatic nitrogens is 1. The van der Waals surface area contributed by atoms with Crippen LogP contribution in [0.3, 0.4) is 0 Å². The minimum Gasteiger partial charge on any atom is -0.346 e. The molecular formula is C23H21F5N2. The molecule has 158 valence electrons. The largest absolute Gasteiger partial charge is 0.416 e. The summed E-state index contributed by atoms with van der Waals surface area (Å²) in [6.07, 6.45) is -0.776. The summed E-state index contributed by atoms with van der Waals surface area (Å²) in [5, 5.41) is 0. The summed E-state index contributed by atoms with van der Waals surface area (Å²) >= 11 is 0. The van der Waals surface area contributed by atoms with Gasteiger partial charge >= 0.3 is 6.18 Å². The van der Waals surface area contributed by atoms with Crippen molar-refractivity contribution in [1.29, 1.82) is 0 Å². The second kappa shape index (κ2) is 9.26. The average Bonchev–Trinajstić information content (AvgIpc) is 3.11. The fourth-order valence-corrected chi connectivity index (χ4v) is 3.24. The molecule has 2 aromatic carbocycles. The number of hydrogen-bond acceptors (Lipinski definition) is 1. The van der Waals surface area contributed by atoms with Crippen LogP contribution in [0.15, 0.2) is 73.4 Å². The van der Waals surface area contributed by atoms with E-state index in [0.29, 0.717) is 31.7 Å². The average molecular weight is 420 g/mol. The minimum atomic E-state index is -4.36. The molecule has 3 rings (SSSR count). The molecule has 0 spiro atoms. The highest BCUT2D eigenvalue weighted by molar-refractivity contribution is 5.25. The number of halogens is 5. The molecule has 7 heteroatoms. The van der Waals surface area contributed by atoms with Crippen LogP contribution in [0.5, 0.6) is 0 Å². The van der Waals surface area contributed by atoms with Gasteiger partial charge in [-0.3, -0.25) is 4.90 Å². The van der Waals surface area contributed by atoms with Crippen molar-refractivity contribution < 1.29 is 22.0 Å². The van der Waals surface area contributed by atoms with Gasteiger partial charge in [0.25, 0.3) is 0 Å². The van der Waals surface area contributed by atoms with Crippen molar-refractivity contribution in [3.05, 3.63) is 107 Å². The molecule has 2 nitrogen and oxygen atoms in total. The summed E-state index contributed by atoms with van der Waals surface area (Å²) in [4.78, 5) is 2.01. The van der Waals surface area contributed by atoms with Gasteiger partial charge in [0.1, 0.15) is 0 Å². The maximum absolute atomic E-state index is 13.5. The Hall–Kier alpha value is -2.93. The van der Waals surface area contributed by atoms with Gasteiger partial charge in [-0.05, 0) is 47.5 Å². The molecule has 0 aliphatic carbocycles. The van der Waals surface area contributed by atoms with Crippen molar-refractivity contribution in [1.82, 2.24) is 9.47 Å². The highest BCUT2D eigenvalue weighted by Gasteiger charge is 2.29. The maximum Gasteiger partial charge on any atom is 0.416 e. The Morgan fingerprint density at radius 3 is 2.23 bits per heavy atom. The molecule has 0 saturated heterocycles. The SMILES string of the molecule is C=CCN(Cc1ccc(F)c(F)c1)Cc1cccn1Cc1ccc(C(F)(F)F)cc1. The van der Waals surface area contributed by atoms with Gasteiger partial charge in [-0.25, -0.2) is 8.78 Å². The van der Waals surface area contributed by atoms with Crippen LogP contribution in [-0.4, -0.2) is 16.0 Å². The van der Waals surface area contributed by atoms with Gasteiger partial charge in [0.15, 0.2) is 11.6 Å². The number of rotatable bonds is 8. The van der Waals surface area contributed by atoms with E-state index in [9.17, 15) is 22.0 Å². The summed E-state index contributed by atoms with van der Waals surface area (Å²) in [7, 11) is 0. The van der Waals surface area contributed by atoms with Gasteiger partial charge in [-0.15, -0.1) is 6.58 Å². The zero-order valence-electron chi connectivity index (χ0n) is 16.2. The van der Waals surface area contributed by atoms with E-state index in [-0.39, 0.29) is 0 Å². The van der Waals surface area contributed by atoms with Crippen molar-refractivity contribution in [2.24, 2.45) is 0 Å². The highest BCUT2D eigenvalue weighted by Crippen LogP contribution is 2.29. The normalized spacial score (nSPS) is 11.8. The second-order valence-corrected chi connectivity index (χ2v) is 7.03. The molecule has 0 N–H and O–H groups in total. The van der Waals surface area contributed by atoms with Gasteiger partial charge in [0, 0.05) is 38.1 Å². The highest BCUT2D eigenvalue weighted by atomic mass is 19.4. The van der Waals surface area contributed by atoms with Crippen molar-refractivity contribution in [2.45, 2.75) is 25.8 Å². The van der Waals surface area contributed by atoms with Gasteiger partial charge in [0.2, 0.25) is 0 Å². The third-order valence-corrected chi connectivity index (χ3v) is 4.72. The molecule has 0 radical (unpaired) electrons. The monoisotopic (exact) mass is 420 g/mol. The third-order valence-electron chi connectivity index (χ3n) is 4.72. The summed E-state index contributed by atoms with van der Waals surface area (Å²) in [6.45, 7) is 5.61. The Bertz CT molecular complexity index is 990. The molecular weight excluding hydrogens is 399 g/mol. The lowest BCUT2D eigenvalue weighted by molar-refractivity contribution is -0.137. The van der Waals surface area contributed by atoms with E-state index >= 15 is 0 Å². The summed E-state index contributed by atoms with van der Waals surface area (Å²) in [5.41, 5.74) is 1.65. The first-order valence-corrected chi connectivity index (χ1v) is 9.33. The van der Waals surface area contributed by atoms with Crippen LogP contribution in [0.1, 0.15) is 22.4 Å². The fraction of sp³-hybridized carbons (Fsp3) is 0.217. The number of alkyl halides is 3. The van der Waals surface area contributed by atoms with E-state index in [1.165, 1.54) is 24.3 Å². The Morgan fingerprint density at radius 1 is 0.900 bits per heavy atom. The first kappa shape index (κ1) is 21.8. The lowest BCUT2D eigenvalue weighted by Crippen LogP contribution is -2.24. The lowest BCUT2D eigenvalue weighted by atomic mass is 10.1. The first-order chi connectivity index (χ1) is 14.3. The van der Waals surface area contributed by atoms with E-state index in [0.717, 1.165) is 29.5 Å². The van der Waals surface area contributed by atoms with Crippen LogP contribution < -0.4 is 0 Å². The van der Waals surface area contributed by atoms with E-state index < -0.39 is 23.4 Å². The molecule has 3 aromatic rings. The molecule has 0 unspecified atom stereocenters. The molecule has 0 aliphatic heterocycles. The third kappa shape index (κ3) is 5.57. The standard InChI is InChI=1S/C23H21F5N2/c1-2-11-29(14-18-7-10-21(24)22(25)13-18)16-20-4-3-12-30(20)15-17-5-8-19(9-6-17)23(26,27)28/h2-10,12-13H,1,11,14-16H2. The molecule has 0 fully saturated rings. The summed E-state index contributed by atoms with van der Waals surface area (Å²) < 4.78 is 66.9. The predicted octanol–water partition coefficient (Wildman–Crippen LogP) is 6.02. The number of hydrogen-bond donors (Lipinski definition) is 0. The zero-order valence-corrected chi connectivity index (χ0v) is 16.2. The van der Waals surface area contributed by atoms with Crippen molar-refractivity contribution >= 4 is 0 Å². The first-order valence-electron chi connectivity index (χ1n) is 9.33. The van der Waals surface area contributed by atoms with Crippen molar-refractivity contribution in [2.75, 3.05) is 6.54 Å². The van der Waals surface area contributed by atoms with Gasteiger partial charge in [-0.1, -0.05) is 24.3 Å². The van der Waals surface area contributed by atoms with Crippen LogP contribution >= 0.6 is 0 Å². The Labute approximate surface area is 171 Å². The molecule has 0 atom stereocenters. The molecule has 0 aliphatic rings. The minimum absolute atomic E-state index is 0.397. The molecule has 0 amide bonds. The van der Waals surface area contributed by atoms with E-state index in [1.807, 2.05) is 27.8 Å². The second-order valence-electron chi connectivity index (χ2n) is 7.03. The van der Waals surface area contributed by atoms with Crippen LogP contribution in [0, 0.1) is 11.6 Å². The van der Waals surface area contributed by atoms with Gasteiger partial charge in [0.05, 0.1) is 5.56 Å². The van der Waals surface area contributed by atoms with Crippen LogP contribution in [0.4, 0.5) is 22.0 Å². The molecule has 0 saturated carbocycles. The smallest absolute Gasteiger partial charge is 0.346 e. The fourth-order valence-electron chi connectivity index (χ4n) is 3.24. The number of nitrogens with zero attached hydrogens (tertiary/aromatic N) is 2. The molecule has 1 aromatic heterocycles. The lowest BCUT2D eigenvalue weighted by Gasteiger charge is -2.22. The Balaban J connectivity index is 1.72.